The van der Waals surface area contributed by atoms with Crippen LogP contribution in [0.1, 0.15) is 72.9 Å². The number of ketones is 1. The molecule has 37 heavy (non-hydrogen) atoms. The first-order valence-corrected chi connectivity index (χ1v) is 14.1. The third-order valence-electron chi connectivity index (χ3n) is 8.91. The largest absolute Gasteiger partial charge is 0.473 e. The molecule has 0 bridgehead atoms. The molecule has 1 saturated carbocycles. The molecule has 2 aliphatic heterocycles. The van der Waals surface area contributed by atoms with Gasteiger partial charge in [-0.15, -0.1) is 0 Å². The summed E-state index contributed by atoms with van der Waals surface area (Å²) < 4.78 is 17.2. The summed E-state index contributed by atoms with van der Waals surface area (Å²) in [6.07, 6.45) is 1.26. The maximum absolute atomic E-state index is 13.3. The number of epoxide rings is 1. The summed E-state index contributed by atoms with van der Waals surface area (Å²) in [5.41, 5.74) is 0.0178. The fourth-order valence-electron chi connectivity index (χ4n) is 5.95. The highest BCUT2D eigenvalue weighted by Gasteiger charge is 2.58. The van der Waals surface area contributed by atoms with Crippen LogP contribution in [0, 0.1) is 29.1 Å². The SMILES string of the molecule is COc1nc(/C=C(\C)[C@@H]2CC3OC3(C)CC3CC3[C@H](C)[C@H](O)[C@@H](C)C(=O)C(C)(C)[C@@H](O)CC(=O)O2)cs1. The lowest BCUT2D eigenvalue weighted by atomic mass is 9.72. The summed E-state index contributed by atoms with van der Waals surface area (Å²) in [5, 5.41) is 24.4. The zero-order valence-corrected chi connectivity index (χ0v) is 23.7. The number of fused-ring (bicyclic) bond motifs is 2. The number of hydrogen-bond acceptors (Lipinski definition) is 9. The molecule has 4 rings (SSSR count). The average molecular weight is 536 g/mol. The Kier molecular flexibility index (Phi) is 7.92. The predicted octanol–water partition coefficient (Wildman–Crippen LogP) is 4.03. The van der Waals surface area contributed by atoms with Crippen molar-refractivity contribution in [2.45, 2.75) is 97.2 Å². The Labute approximate surface area is 223 Å². The fraction of sp³-hybridized carbons (Fsp3) is 0.750. The molecule has 0 amide bonds. The third-order valence-corrected chi connectivity index (χ3v) is 9.73. The molecule has 9 heteroatoms. The van der Waals surface area contributed by atoms with Crippen molar-refractivity contribution in [2.75, 3.05) is 7.11 Å². The zero-order valence-electron chi connectivity index (χ0n) is 22.9. The number of carbonyl (C=O) groups excluding carboxylic acids is 2. The van der Waals surface area contributed by atoms with Gasteiger partial charge in [-0.2, -0.15) is 0 Å². The first kappa shape index (κ1) is 28.2. The molecule has 1 aromatic heterocycles. The number of carbonyl (C=O) groups is 2. The third kappa shape index (κ3) is 5.95. The monoisotopic (exact) mass is 535 g/mol. The number of aromatic nitrogens is 1. The van der Waals surface area contributed by atoms with Crippen molar-refractivity contribution < 1.29 is 34.0 Å². The summed E-state index contributed by atoms with van der Waals surface area (Å²) in [5.74, 6) is -0.766. The topological polar surface area (TPSA) is 118 Å². The average Bonchev–Trinajstić information content (AvgIpc) is 3.68. The van der Waals surface area contributed by atoms with Crippen LogP contribution in [-0.4, -0.2) is 64.1 Å². The maximum Gasteiger partial charge on any atom is 0.309 e. The van der Waals surface area contributed by atoms with Crippen LogP contribution in [0.25, 0.3) is 6.08 Å². The van der Waals surface area contributed by atoms with Crippen molar-refractivity contribution in [1.29, 1.82) is 0 Å². The minimum atomic E-state index is -1.24. The van der Waals surface area contributed by atoms with E-state index in [9.17, 15) is 19.8 Å². The first-order chi connectivity index (χ1) is 17.3. The number of esters is 1. The number of methoxy groups -OCH3 is 1. The van der Waals surface area contributed by atoms with Gasteiger partial charge in [0.05, 0.1) is 48.6 Å². The Morgan fingerprint density at radius 3 is 2.57 bits per heavy atom. The van der Waals surface area contributed by atoms with Crippen LogP contribution in [0.3, 0.4) is 0 Å². The lowest BCUT2D eigenvalue weighted by Gasteiger charge is -2.34. The van der Waals surface area contributed by atoms with Crippen LogP contribution >= 0.6 is 11.3 Å². The Hall–Kier alpha value is -1.81. The van der Waals surface area contributed by atoms with E-state index in [1.165, 1.54) is 11.3 Å². The summed E-state index contributed by atoms with van der Waals surface area (Å²) >= 11 is 1.39. The van der Waals surface area contributed by atoms with Gasteiger partial charge in [0.2, 0.25) is 0 Å². The van der Waals surface area contributed by atoms with Crippen LogP contribution in [0.5, 0.6) is 5.19 Å². The number of cyclic esters (lactones) is 1. The Morgan fingerprint density at radius 1 is 1.22 bits per heavy atom. The van der Waals surface area contributed by atoms with Crippen LogP contribution in [-0.2, 0) is 19.1 Å². The van der Waals surface area contributed by atoms with E-state index in [0.717, 1.165) is 24.1 Å². The van der Waals surface area contributed by atoms with Crippen LogP contribution in [0.15, 0.2) is 11.0 Å². The minimum Gasteiger partial charge on any atom is -0.473 e. The fourth-order valence-corrected chi connectivity index (χ4v) is 6.55. The smallest absolute Gasteiger partial charge is 0.309 e. The molecule has 3 aliphatic rings. The number of thiazole rings is 1. The molecule has 0 aromatic carbocycles. The molecule has 0 radical (unpaired) electrons. The van der Waals surface area contributed by atoms with Gasteiger partial charge in [0.1, 0.15) is 11.9 Å². The van der Waals surface area contributed by atoms with Gasteiger partial charge >= 0.3 is 5.97 Å². The van der Waals surface area contributed by atoms with Crippen molar-refractivity contribution in [1.82, 2.24) is 4.98 Å². The molecule has 1 aromatic rings. The van der Waals surface area contributed by atoms with E-state index < -0.39 is 35.6 Å². The number of rotatable bonds is 3. The molecular formula is C28H41NO7S. The molecule has 2 N–H and O–H groups in total. The summed E-state index contributed by atoms with van der Waals surface area (Å²) in [7, 11) is 1.57. The van der Waals surface area contributed by atoms with Gasteiger partial charge in [0.15, 0.2) is 0 Å². The van der Waals surface area contributed by atoms with E-state index in [0.29, 0.717) is 23.5 Å². The summed E-state index contributed by atoms with van der Waals surface area (Å²) in [6, 6.07) is 0. The molecule has 3 heterocycles. The minimum absolute atomic E-state index is 0.0383. The van der Waals surface area contributed by atoms with E-state index in [4.69, 9.17) is 14.2 Å². The maximum atomic E-state index is 13.3. The first-order valence-electron chi connectivity index (χ1n) is 13.2. The highest BCUT2D eigenvalue weighted by molar-refractivity contribution is 7.11. The molecule has 8 nitrogen and oxygen atoms in total. The lowest BCUT2D eigenvalue weighted by molar-refractivity contribution is -0.154. The Morgan fingerprint density at radius 2 is 1.92 bits per heavy atom. The van der Waals surface area contributed by atoms with E-state index in [2.05, 4.69) is 11.9 Å². The van der Waals surface area contributed by atoms with Crippen molar-refractivity contribution in [3.8, 4) is 5.19 Å². The number of Topliss-reactive ketones (excluding diaryl/α,β-unsaturated/α-hetero) is 1. The molecule has 3 fully saturated rings. The predicted molar refractivity (Wildman–Crippen MR) is 140 cm³/mol. The second-order valence-electron chi connectivity index (χ2n) is 12.1. The van der Waals surface area contributed by atoms with Crippen molar-refractivity contribution in [3.05, 3.63) is 16.6 Å². The second kappa shape index (κ2) is 10.4. The van der Waals surface area contributed by atoms with Crippen LogP contribution < -0.4 is 4.74 Å². The van der Waals surface area contributed by atoms with Gasteiger partial charge < -0.3 is 24.4 Å². The molecule has 0 spiro atoms. The van der Waals surface area contributed by atoms with Crippen LogP contribution in [0.2, 0.25) is 0 Å². The lowest BCUT2D eigenvalue weighted by Crippen LogP contribution is -2.46. The van der Waals surface area contributed by atoms with Crippen molar-refractivity contribution >= 4 is 29.2 Å². The molecule has 2 saturated heterocycles. The van der Waals surface area contributed by atoms with Gasteiger partial charge in [0, 0.05) is 17.7 Å². The number of hydrogen-bond donors (Lipinski definition) is 2. The highest BCUT2D eigenvalue weighted by Crippen LogP contribution is 2.56. The summed E-state index contributed by atoms with van der Waals surface area (Å²) in [4.78, 5) is 30.8. The van der Waals surface area contributed by atoms with Gasteiger partial charge in [0.25, 0.3) is 5.19 Å². The standard InChI is InChI=1S/C28H41NO7S/c1-14(8-18-13-37-26(29-18)34-7)20-10-22-28(6,36-22)12-17-9-19(17)15(2)24(32)16(3)25(33)27(4,5)21(30)11-23(31)35-20/h8,13,15-17,19-22,24,30,32H,9-12H2,1-7H3/b14-8+/t15-,16+,17?,19?,20-,21-,22?,24-,28?/m0/s1. The van der Waals surface area contributed by atoms with Gasteiger partial charge in [-0.1, -0.05) is 39.0 Å². The highest BCUT2D eigenvalue weighted by atomic mass is 32.1. The summed E-state index contributed by atoms with van der Waals surface area (Å²) in [6.45, 7) is 11.0. The van der Waals surface area contributed by atoms with Gasteiger partial charge in [-0.25, -0.2) is 4.98 Å². The van der Waals surface area contributed by atoms with Gasteiger partial charge in [-0.3, -0.25) is 9.59 Å². The molecule has 4 unspecified atom stereocenters. The molecule has 1 aliphatic carbocycles. The molecule has 9 atom stereocenters. The number of aliphatic hydroxyl groups is 2. The van der Waals surface area contributed by atoms with E-state index in [-0.39, 0.29) is 29.8 Å². The van der Waals surface area contributed by atoms with E-state index in [1.807, 2.05) is 25.3 Å². The normalized spacial score (nSPS) is 40.8. The molecular weight excluding hydrogens is 494 g/mol. The Bertz CT molecular complexity index is 1050. The number of aliphatic hydroxyl groups excluding tert-OH is 2. The zero-order chi connectivity index (χ0) is 27.3. The van der Waals surface area contributed by atoms with E-state index in [1.54, 1.807) is 27.9 Å². The quantitative estimate of drug-likeness (QED) is 0.440. The van der Waals surface area contributed by atoms with Crippen molar-refractivity contribution in [2.24, 2.45) is 29.1 Å². The molecule has 206 valence electrons. The van der Waals surface area contributed by atoms with Crippen LogP contribution in [0.4, 0.5) is 0 Å². The number of ether oxygens (including phenoxy) is 3. The van der Waals surface area contributed by atoms with Gasteiger partial charge in [-0.05, 0) is 56.1 Å². The van der Waals surface area contributed by atoms with E-state index >= 15 is 0 Å². The second-order valence-corrected chi connectivity index (χ2v) is 12.9. The van der Waals surface area contributed by atoms with Crippen molar-refractivity contribution in [3.63, 3.8) is 0 Å². The Balaban J connectivity index is 1.59. The number of nitrogens with zero attached hydrogens (tertiary/aromatic N) is 1.